The SMILES string of the molecule is CSCC(C)/C(N)=N/O. The average molecular weight is 148 g/mol. The Kier molecular flexibility index (Phi) is 4.30. The molecule has 0 heterocycles. The zero-order valence-electron chi connectivity index (χ0n) is 5.66. The van der Waals surface area contributed by atoms with E-state index in [2.05, 4.69) is 5.16 Å². The molecule has 0 radical (unpaired) electrons. The Morgan fingerprint density at radius 1 is 1.89 bits per heavy atom. The third kappa shape index (κ3) is 3.24. The van der Waals surface area contributed by atoms with Gasteiger partial charge in [-0.25, -0.2) is 0 Å². The van der Waals surface area contributed by atoms with Gasteiger partial charge >= 0.3 is 0 Å². The lowest BCUT2D eigenvalue weighted by molar-refractivity contribution is 0.315. The summed E-state index contributed by atoms with van der Waals surface area (Å²) in [6.07, 6.45) is 1.99. The van der Waals surface area contributed by atoms with Gasteiger partial charge in [-0.05, 0) is 6.26 Å². The van der Waals surface area contributed by atoms with Crippen LogP contribution in [0, 0.1) is 5.92 Å². The highest BCUT2D eigenvalue weighted by molar-refractivity contribution is 7.98. The zero-order valence-corrected chi connectivity index (χ0v) is 6.48. The van der Waals surface area contributed by atoms with Gasteiger partial charge in [0.25, 0.3) is 0 Å². The normalized spacial score (nSPS) is 15.6. The van der Waals surface area contributed by atoms with Crippen molar-refractivity contribution in [2.24, 2.45) is 16.8 Å². The Morgan fingerprint density at radius 3 is 2.78 bits per heavy atom. The van der Waals surface area contributed by atoms with E-state index in [1.54, 1.807) is 11.8 Å². The number of nitrogens with two attached hydrogens (primary N) is 1. The molecule has 0 aromatic carbocycles. The molecule has 3 N–H and O–H groups in total. The molecular weight excluding hydrogens is 136 g/mol. The van der Waals surface area contributed by atoms with Crippen LogP contribution in [0.5, 0.6) is 0 Å². The van der Waals surface area contributed by atoms with Crippen molar-refractivity contribution in [1.29, 1.82) is 0 Å². The Morgan fingerprint density at radius 2 is 2.44 bits per heavy atom. The Hall–Kier alpha value is -0.380. The first-order valence-corrected chi connectivity index (χ1v) is 4.08. The molecule has 0 saturated heterocycles. The molecule has 0 fully saturated rings. The summed E-state index contributed by atoms with van der Waals surface area (Å²) in [7, 11) is 0. The fourth-order valence-corrected chi connectivity index (χ4v) is 1.10. The van der Waals surface area contributed by atoms with E-state index < -0.39 is 0 Å². The third-order valence-electron chi connectivity index (χ3n) is 1.04. The summed E-state index contributed by atoms with van der Waals surface area (Å²) in [6.45, 7) is 1.92. The predicted molar refractivity (Wildman–Crippen MR) is 41.0 cm³/mol. The van der Waals surface area contributed by atoms with Crippen LogP contribution in [0.15, 0.2) is 5.16 Å². The number of rotatable bonds is 3. The first-order chi connectivity index (χ1) is 4.22. The first kappa shape index (κ1) is 8.62. The second-order valence-corrected chi connectivity index (χ2v) is 2.79. The van der Waals surface area contributed by atoms with Gasteiger partial charge in [-0.2, -0.15) is 11.8 Å². The fourth-order valence-electron chi connectivity index (χ4n) is 0.434. The molecular formula is C5H12N2OS. The molecule has 0 rings (SSSR count). The van der Waals surface area contributed by atoms with Crippen LogP contribution >= 0.6 is 11.8 Å². The molecule has 0 saturated carbocycles. The molecule has 1 atom stereocenters. The fraction of sp³-hybridized carbons (Fsp3) is 0.800. The van der Waals surface area contributed by atoms with Crippen molar-refractivity contribution in [2.45, 2.75) is 6.92 Å². The van der Waals surface area contributed by atoms with Gasteiger partial charge in [0.1, 0.15) is 5.84 Å². The quantitative estimate of drug-likeness (QED) is 0.268. The third-order valence-corrected chi connectivity index (χ3v) is 1.87. The highest BCUT2D eigenvalue weighted by atomic mass is 32.2. The van der Waals surface area contributed by atoms with Crippen LogP contribution in [0.3, 0.4) is 0 Å². The standard InChI is InChI=1S/C5H12N2OS/c1-4(3-9-2)5(6)7-8/h4,8H,3H2,1-2H3,(H2,6,7). The van der Waals surface area contributed by atoms with Crippen molar-refractivity contribution >= 4 is 17.6 Å². The Balaban J connectivity index is 3.59. The van der Waals surface area contributed by atoms with Gasteiger partial charge < -0.3 is 10.9 Å². The van der Waals surface area contributed by atoms with E-state index in [9.17, 15) is 0 Å². The van der Waals surface area contributed by atoms with E-state index in [1.807, 2.05) is 13.2 Å². The summed E-state index contributed by atoms with van der Waals surface area (Å²) >= 11 is 1.68. The maximum absolute atomic E-state index is 8.19. The summed E-state index contributed by atoms with van der Waals surface area (Å²) in [4.78, 5) is 0. The van der Waals surface area contributed by atoms with E-state index >= 15 is 0 Å². The van der Waals surface area contributed by atoms with Crippen molar-refractivity contribution in [2.75, 3.05) is 12.0 Å². The molecule has 0 aliphatic heterocycles. The number of thioether (sulfide) groups is 1. The monoisotopic (exact) mass is 148 g/mol. The van der Waals surface area contributed by atoms with E-state index in [1.165, 1.54) is 0 Å². The van der Waals surface area contributed by atoms with Crippen molar-refractivity contribution in [3.63, 3.8) is 0 Å². The highest BCUT2D eigenvalue weighted by Crippen LogP contribution is 2.03. The summed E-state index contributed by atoms with van der Waals surface area (Å²) in [6, 6.07) is 0. The second-order valence-electron chi connectivity index (χ2n) is 1.88. The van der Waals surface area contributed by atoms with Crippen LogP contribution in [-0.4, -0.2) is 23.1 Å². The minimum atomic E-state index is 0.171. The van der Waals surface area contributed by atoms with Gasteiger partial charge in [-0.15, -0.1) is 0 Å². The summed E-state index contributed by atoms with van der Waals surface area (Å²) in [5.74, 6) is 1.38. The zero-order chi connectivity index (χ0) is 7.28. The summed E-state index contributed by atoms with van der Waals surface area (Å²) in [5.41, 5.74) is 5.29. The lowest BCUT2D eigenvalue weighted by atomic mass is 10.2. The lowest BCUT2D eigenvalue weighted by Crippen LogP contribution is -2.22. The Bertz CT molecular complexity index is 105. The Labute approximate surface area is 59.3 Å². The number of amidine groups is 1. The topological polar surface area (TPSA) is 58.6 Å². The smallest absolute Gasteiger partial charge is 0.142 e. The van der Waals surface area contributed by atoms with Crippen LogP contribution in [0.4, 0.5) is 0 Å². The molecule has 0 bridgehead atoms. The number of hydrogen-bond donors (Lipinski definition) is 2. The van der Waals surface area contributed by atoms with Crippen LogP contribution in [0.1, 0.15) is 6.92 Å². The summed E-state index contributed by atoms with van der Waals surface area (Å²) < 4.78 is 0. The van der Waals surface area contributed by atoms with Crippen LogP contribution in [0.25, 0.3) is 0 Å². The van der Waals surface area contributed by atoms with Gasteiger partial charge in [-0.3, -0.25) is 0 Å². The van der Waals surface area contributed by atoms with Crippen LogP contribution in [-0.2, 0) is 0 Å². The van der Waals surface area contributed by atoms with Gasteiger partial charge in [0.15, 0.2) is 0 Å². The van der Waals surface area contributed by atoms with E-state index in [4.69, 9.17) is 10.9 Å². The molecule has 0 spiro atoms. The molecule has 4 heteroatoms. The van der Waals surface area contributed by atoms with Gasteiger partial charge in [0.2, 0.25) is 0 Å². The minimum Gasteiger partial charge on any atom is -0.409 e. The molecule has 0 aliphatic rings. The highest BCUT2D eigenvalue weighted by Gasteiger charge is 2.04. The summed E-state index contributed by atoms with van der Waals surface area (Å²) in [5, 5.41) is 11.1. The first-order valence-electron chi connectivity index (χ1n) is 2.68. The van der Waals surface area contributed by atoms with Crippen molar-refractivity contribution in [3.8, 4) is 0 Å². The number of hydrogen-bond acceptors (Lipinski definition) is 3. The maximum Gasteiger partial charge on any atom is 0.142 e. The molecule has 0 aliphatic carbocycles. The number of oxime groups is 1. The molecule has 0 aromatic heterocycles. The van der Waals surface area contributed by atoms with Gasteiger partial charge in [-0.1, -0.05) is 12.1 Å². The van der Waals surface area contributed by atoms with E-state index in [0.717, 1.165) is 5.75 Å². The largest absolute Gasteiger partial charge is 0.409 e. The van der Waals surface area contributed by atoms with Gasteiger partial charge in [0.05, 0.1) is 0 Å². The molecule has 1 unspecified atom stereocenters. The number of nitrogens with zero attached hydrogens (tertiary/aromatic N) is 1. The molecule has 54 valence electrons. The van der Waals surface area contributed by atoms with Gasteiger partial charge in [0, 0.05) is 11.7 Å². The average Bonchev–Trinajstić information content (AvgIpc) is 1.87. The molecule has 0 aromatic rings. The van der Waals surface area contributed by atoms with Crippen molar-refractivity contribution in [3.05, 3.63) is 0 Å². The van der Waals surface area contributed by atoms with E-state index in [-0.39, 0.29) is 5.92 Å². The maximum atomic E-state index is 8.19. The molecule has 0 amide bonds. The predicted octanol–water partition coefficient (Wildman–Crippen LogP) is 0.732. The van der Waals surface area contributed by atoms with Crippen LogP contribution < -0.4 is 5.73 Å². The molecule has 9 heavy (non-hydrogen) atoms. The van der Waals surface area contributed by atoms with Crippen molar-refractivity contribution < 1.29 is 5.21 Å². The molecule has 3 nitrogen and oxygen atoms in total. The lowest BCUT2D eigenvalue weighted by Gasteiger charge is -2.05. The van der Waals surface area contributed by atoms with Crippen LogP contribution in [0.2, 0.25) is 0 Å². The second kappa shape index (κ2) is 4.49. The van der Waals surface area contributed by atoms with E-state index in [0.29, 0.717) is 5.84 Å². The minimum absolute atomic E-state index is 0.171. The van der Waals surface area contributed by atoms with Crippen molar-refractivity contribution in [1.82, 2.24) is 0 Å².